The van der Waals surface area contributed by atoms with Gasteiger partial charge in [-0.25, -0.2) is 4.98 Å². The Labute approximate surface area is 116 Å². The molecule has 1 fully saturated rings. The van der Waals surface area contributed by atoms with Gasteiger partial charge < -0.3 is 0 Å². The summed E-state index contributed by atoms with van der Waals surface area (Å²) in [5.41, 5.74) is 2.21. The SMILES string of the molecule is CN(Cc1ccnc(C#N)c1)C1CCC(C)(C)CC1. The van der Waals surface area contributed by atoms with Gasteiger partial charge in [0.25, 0.3) is 0 Å². The van der Waals surface area contributed by atoms with Crippen LogP contribution < -0.4 is 0 Å². The molecular formula is C16H23N3. The van der Waals surface area contributed by atoms with E-state index in [-0.39, 0.29) is 0 Å². The lowest BCUT2D eigenvalue weighted by Crippen LogP contribution is -2.36. The number of hydrogen-bond acceptors (Lipinski definition) is 3. The lowest BCUT2D eigenvalue weighted by molar-refractivity contribution is 0.123. The number of nitriles is 1. The fraction of sp³-hybridized carbons (Fsp3) is 0.625. The Morgan fingerprint density at radius 2 is 2.11 bits per heavy atom. The van der Waals surface area contributed by atoms with E-state index in [2.05, 4.69) is 36.8 Å². The smallest absolute Gasteiger partial charge is 0.140 e. The molecule has 0 unspecified atom stereocenters. The third-order valence-electron chi connectivity index (χ3n) is 4.30. The molecular weight excluding hydrogens is 234 g/mol. The van der Waals surface area contributed by atoms with Crippen LogP contribution in [0.25, 0.3) is 0 Å². The van der Waals surface area contributed by atoms with E-state index in [9.17, 15) is 0 Å². The zero-order valence-corrected chi connectivity index (χ0v) is 12.2. The highest BCUT2D eigenvalue weighted by atomic mass is 15.1. The van der Waals surface area contributed by atoms with Gasteiger partial charge in [0.15, 0.2) is 0 Å². The zero-order chi connectivity index (χ0) is 13.9. The Kier molecular flexibility index (Phi) is 4.21. The van der Waals surface area contributed by atoms with Gasteiger partial charge in [0, 0.05) is 18.8 Å². The molecule has 0 bridgehead atoms. The van der Waals surface area contributed by atoms with Gasteiger partial charge >= 0.3 is 0 Å². The third kappa shape index (κ3) is 3.78. The maximum atomic E-state index is 8.88. The minimum absolute atomic E-state index is 0.510. The Hall–Kier alpha value is -1.40. The summed E-state index contributed by atoms with van der Waals surface area (Å²) in [7, 11) is 2.19. The van der Waals surface area contributed by atoms with Crippen molar-refractivity contribution in [2.45, 2.75) is 52.1 Å². The van der Waals surface area contributed by atoms with Crippen molar-refractivity contribution in [3.05, 3.63) is 29.6 Å². The lowest BCUT2D eigenvalue weighted by Gasteiger charge is -2.38. The highest BCUT2D eigenvalue weighted by Crippen LogP contribution is 2.36. The van der Waals surface area contributed by atoms with Gasteiger partial charge in [0.05, 0.1) is 0 Å². The van der Waals surface area contributed by atoms with Crippen molar-refractivity contribution < 1.29 is 0 Å². The molecule has 0 aliphatic heterocycles. The van der Waals surface area contributed by atoms with Crippen molar-refractivity contribution in [2.75, 3.05) is 7.05 Å². The van der Waals surface area contributed by atoms with E-state index >= 15 is 0 Å². The van der Waals surface area contributed by atoms with E-state index in [4.69, 9.17) is 5.26 Å². The summed E-state index contributed by atoms with van der Waals surface area (Å²) in [6.07, 6.45) is 6.90. The zero-order valence-electron chi connectivity index (χ0n) is 12.2. The van der Waals surface area contributed by atoms with Crippen LogP contribution in [0.2, 0.25) is 0 Å². The molecule has 19 heavy (non-hydrogen) atoms. The highest BCUT2D eigenvalue weighted by molar-refractivity contribution is 5.25. The van der Waals surface area contributed by atoms with Crippen LogP contribution in [0.5, 0.6) is 0 Å². The van der Waals surface area contributed by atoms with Crippen molar-refractivity contribution in [3.63, 3.8) is 0 Å². The summed E-state index contributed by atoms with van der Waals surface area (Å²) in [6, 6.07) is 6.67. The Morgan fingerprint density at radius 1 is 1.42 bits per heavy atom. The molecule has 1 aromatic rings. The number of pyridine rings is 1. The molecule has 0 saturated heterocycles. The second kappa shape index (κ2) is 5.71. The molecule has 0 amide bonds. The van der Waals surface area contributed by atoms with Crippen LogP contribution in [-0.4, -0.2) is 23.0 Å². The van der Waals surface area contributed by atoms with E-state index in [0.717, 1.165) is 6.54 Å². The summed E-state index contributed by atoms with van der Waals surface area (Å²) in [4.78, 5) is 6.44. The summed E-state index contributed by atoms with van der Waals surface area (Å²) in [6.45, 7) is 5.64. The number of rotatable bonds is 3. The van der Waals surface area contributed by atoms with Crippen LogP contribution in [0, 0.1) is 16.7 Å². The normalized spacial score (nSPS) is 19.3. The van der Waals surface area contributed by atoms with Gasteiger partial charge in [0.1, 0.15) is 11.8 Å². The van der Waals surface area contributed by atoms with Gasteiger partial charge in [-0.2, -0.15) is 5.26 Å². The van der Waals surface area contributed by atoms with Crippen molar-refractivity contribution in [2.24, 2.45) is 5.41 Å². The second-order valence-electron chi connectivity index (χ2n) is 6.47. The Morgan fingerprint density at radius 3 is 2.74 bits per heavy atom. The van der Waals surface area contributed by atoms with E-state index in [0.29, 0.717) is 17.2 Å². The van der Waals surface area contributed by atoms with Gasteiger partial charge in [-0.1, -0.05) is 13.8 Å². The minimum atomic E-state index is 0.510. The first-order chi connectivity index (χ1) is 9.00. The van der Waals surface area contributed by atoms with Crippen molar-refractivity contribution in [1.29, 1.82) is 5.26 Å². The standard InChI is InChI=1S/C16H23N3/c1-16(2)7-4-15(5-8-16)19(3)12-13-6-9-18-14(10-13)11-17/h6,9-10,15H,4-5,7-8,12H2,1-3H3. The molecule has 0 N–H and O–H groups in total. The van der Waals surface area contributed by atoms with Crippen LogP contribution in [0.3, 0.4) is 0 Å². The maximum absolute atomic E-state index is 8.88. The molecule has 1 aliphatic carbocycles. The van der Waals surface area contributed by atoms with Gasteiger partial charge in [0.2, 0.25) is 0 Å². The van der Waals surface area contributed by atoms with Crippen molar-refractivity contribution >= 4 is 0 Å². The number of nitrogens with zero attached hydrogens (tertiary/aromatic N) is 3. The third-order valence-corrected chi connectivity index (χ3v) is 4.30. The van der Waals surface area contributed by atoms with E-state index in [1.807, 2.05) is 12.1 Å². The van der Waals surface area contributed by atoms with Crippen molar-refractivity contribution in [1.82, 2.24) is 9.88 Å². The number of hydrogen-bond donors (Lipinski definition) is 0. The predicted octanol–water partition coefficient (Wildman–Crippen LogP) is 3.35. The van der Waals surface area contributed by atoms with E-state index in [1.54, 1.807) is 6.20 Å². The highest BCUT2D eigenvalue weighted by Gasteiger charge is 2.28. The quantitative estimate of drug-likeness (QED) is 0.833. The number of aromatic nitrogens is 1. The van der Waals surface area contributed by atoms with Gasteiger partial charge in [-0.05, 0) is 55.8 Å². The van der Waals surface area contributed by atoms with Crippen LogP contribution in [0.1, 0.15) is 50.8 Å². The minimum Gasteiger partial charge on any atom is -0.299 e. The van der Waals surface area contributed by atoms with Crippen LogP contribution in [-0.2, 0) is 6.54 Å². The molecule has 1 heterocycles. The van der Waals surface area contributed by atoms with Crippen molar-refractivity contribution in [3.8, 4) is 6.07 Å². The Balaban J connectivity index is 1.94. The molecule has 1 saturated carbocycles. The maximum Gasteiger partial charge on any atom is 0.140 e. The Bertz CT molecular complexity index is 463. The average molecular weight is 257 g/mol. The molecule has 1 aromatic heterocycles. The van der Waals surface area contributed by atoms with E-state index < -0.39 is 0 Å². The average Bonchev–Trinajstić information content (AvgIpc) is 2.38. The van der Waals surface area contributed by atoms with Gasteiger partial charge in [-0.15, -0.1) is 0 Å². The van der Waals surface area contributed by atoms with Crippen LogP contribution in [0.4, 0.5) is 0 Å². The molecule has 0 spiro atoms. The molecule has 0 aromatic carbocycles. The lowest BCUT2D eigenvalue weighted by atomic mass is 9.75. The summed E-state index contributed by atoms with van der Waals surface area (Å²) >= 11 is 0. The summed E-state index contributed by atoms with van der Waals surface area (Å²) in [5.74, 6) is 0. The molecule has 3 heteroatoms. The molecule has 2 rings (SSSR count). The van der Waals surface area contributed by atoms with Crippen LogP contribution >= 0.6 is 0 Å². The molecule has 0 radical (unpaired) electrons. The second-order valence-corrected chi connectivity index (χ2v) is 6.47. The van der Waals surface area contributed by atoms with E-state index in [1.165, 1.54) is 31.2 Å². The summed E-state index contributed by atoms with van der Waals surface area (Å²) in [5, 5.41) is 8.88. The first kappa shape index (κ1) is 14.0. The van der Waals surface area contributed by atoms with Crippen LogP contribution in [0.15, 0.2) is 18.3 Å². The fourth-order valence-corrected chi connectivity index (χ4v) is 2.88. The first-order valence-electron chi connectivity index (χ1n) is 7.05. The largest absolute Gasteiger partial charge is 0.299 e. The molecule has 3 nitrogen and oxygen atoms in total. The topological polar surface area (TPSA) is 39.9 Å². The van der Waals surface area contributed by atoms with Gasteiger partial charge in [-0.3, -0.25) is 4.90 Å². The fourth-order valence-electron chi connectivity index (χ4n) is 2.88. The monoisotopic (exact) mass is 257 g/mol. The first-order valence-corrected chi connectivity index (χ1v) is 7.05. The molecule has 1 aliphatic rings. The molecule has 0 atom stereocenters. The molecule has 102 valence electrons. The summed E-state index contributed by atoms with van der Waals surface area (Å²) < 4.78 is 0. The predicted molar refractivity (Wildman–Crippen MR) is 76.5 cm³/mol.